The van der Waals surface area contributed by atoms with E-state index < -0.39 is 0 Å². The normalized spacial score (nSPS) is 17.3. The van der Waals surface area contributed by atoms with Gasteiger partial charge in [0.05, 0.1) is 0 Å². The lowest BCUT2D eigenvalue weighted by Gasteiger charge is -2.35. The van der Waals surface area contributed by atoms with E-state index in [2.05, 4.69) is 16.2 Å². The molecule has 118 valence electrons. The molecular formula is C14H25N5O2. The summed E-state index contributed by atoms with van der Waals surface area (Å²) in [4.78, 5) is 27.2. The number of urea groups is 1. The Bertz CT molecular complexity index is 437. The van der Waals surface area contributed by atoms with Crippen LogP contribution in [0, 0.1) is 0 Å². The summed E-state index contributed by atoms with van der Waals surface area (Å²) >= 11 is 0. The number of carbonyl (C=O) groups is 2. The fraction of sp³-hybridized carbons (Fsp3) is 0.571. The van der Waals surface area contributed by atoms with Gasteiger partial charge in [-0.2, -0.15) is 0 Å². The van der Waals surface area contributed by atoms with Crippen molar-refractivity contribution in [1.82, 2.24) is 26.0 Å². The second-order valence-electron chi connectivity index (χ2n) is 4.55. The molecule has 21 heavy (non-hydrogen) atoms. The van der Waals surface area contributed by atoms with Gasteiger partial charge in [0, 0.05) is 39.4 Å². The molecule has 0 unspecified atom stereocenters. The summed E-state index contributed by atoms with van der Waals surface area (Å²) in [6.07, 6.45) is 3.60. The summed E-state index contributed by atoms with van der Waals surface area (Å²) in [5.41, 5.74) is 7.21. The van der Waals surface area contributed by atoms with Crippen LogP contribution in [0.25, 0.3) is 0 Å². The largest absolute Gasteiger partial charge is 0.341 e. The molecule has 0 atom stereocenters. The number of amides is 3. The molecular weight excluding hydrogens is 270 g/mol. The molecule has 2 aliphatic heterocycles. The standard InChI is InChI=1S/C12H19N5O2.C2H6/c1-9-7-10(15-14-8-9)11(18)16-3-5-17(6-4-16)12(19)13-2;1-2/h7-8,14-15H,3-6H2,1-2H3,(H,13,19);1-2H3. The Balaban J connectivity index is 0.00000106. The molecule has 0 saturated carbocycles. The van der Waals surface area contributed by atoms with E-state index in [1.807, 2.05) is 26.8 Å². The SMILES string of the molecule is CC.CNC(=O)N1CCN(C(=O)C2=CC(C)=CNN2)CC1. The summed E-state index contributed by atoms with van der Waals surface area (Å²) in [7, 11) is 1.61. The topological polar surface area (TPSA) is 76.7 Å². The van der Waals surface area contributed by atoms with Crippen LogP contribution < -0.4 is 16.2 Å². The highest BCUT2D eigenvalue weighted by atomic mass is 16.2. The van der Waals surface area contributed by atoms with E-state index in [1.165, 1.54) is 0 Å². The van der Waals surface area contributed by atoms with E-state index in [1.54, 1.807) is 23.0 Å². The minimum Gasteiger partial charge on any atom is -0.341 e. The van der Waals surface area contributed by atoms with Crippen molar-refractivity contribution in [2.75, 3.05) is 33.2 Å². The van der Waals surface area contributed by atoms with Crippen molar-refractivity contribution < 1.29 is 9.59 Å². The first-order chi connectivity index (χ1) is 10.1. The third-order valence-corrected chi connectivity index (χ3v) is 3.18. The van der Waals surface area contributed by atoms with Crippen LogP contribution in [0.1, 0.15) is 20.8 Å². The summed E-state index contributed by atoms with van der Waals surface area (Å²) in [5.74, 6) is -0.0449. The molecule has 0 aromatic heterocycles. The maximum atomic E-state index is 12.3. The van der Waals surface area contributed by atoms with Crippen molar-refractivity contribution in [2.45, 2.75) is 20.8 Å². The predicted molar refractivity (Wildman–Crippen MR) is 82.1 cm³/mol. The molecule has 0 radical (unpaired) electrons. The van der Waals surface area contributed by atoms with Crippen LogP contribution in [0.15, 0.2) is 23.5 Å². The number of nitrogens with zero attached hydrogens (tertiary/aromatic N) is 2. The molecule has 0 bridgehead atoms. The first-order valence-corrected chi connectivity index (χ1v) is 7.28. The van der Waals surface area contributed by atoms with Crippen molar-refractivity contribution in [1.29, 1.82) is 0 Å². The van der Waals surface area contributed by atoms with Crippen LogP contribution in [-0.4, -0.2) is 55.0 Å². The van der Waals surface area contributed by atoms with Crippen molar-refractivity contribution in [2.24, 2.45) is 0 Å². The molecule has 2 aliphatic rings. The quantitative estimate of drug-likeness (QED) is 0.654. The fourth-order valence-electron chi connectivity index (χ4n) is 2.09. The van der Waals surface area contributed by atoms with Crippen molar-refractivity contribution in [3.63, 3.8) is 0 Å². The van der Waals surface area contributed by atoms with E-state index >= 15 is 0 Å². The Morgan fingerprint density at radius 2 is 1.71 bits per heavy atom. The monoisotopic (exact) mass is 295 g/mol. The summed E-state index contributed by atoms with van der Waals surface area (Å²) in [6, 6.07) is -0.0949. The third kappa shape index (κ3) is 4.40. The summed E-state index contributed by atoms with van der Waals surface area (Å²) in [6.45, 7) is 8.13. The second kappa shape index (κ2) is 8.18. The molecule has 1 saturated heterocycles. The van der Waals surface area contributed by atoms with Gasteiger partial charge >= 0.3 is 6.03 Å². The molecule has 1 fully saturated rings. The van der Waals surface area contributed by atoms with E-state index in [-0.39, 0.29) is 11.9 Å². The van der Waals surface area contributed by atoms with Crippen LogP contribution >= 0.6 is 0 Å². The maximum Gasteiger partial charge on any atom is 0.317 e. The van der Waals surface area contributed by atoms with E-state index in [4.69, 9.17) is 0 Å². The van der Waals surface area contributed by atoms with E-state index in [9.17, 15) is 9.59 Å². The number of hydrazine groups is 1. The van der Waals surface area contributed by atoms with E-state index in [0.717, 1.165) is 5.57 Å². The third-order valence-electron chi connectivity index (χ3n) is 3.18. The number of hydrogen-bond acceptors (Lipinski definition) is 4. The number of carbonyl (C=O) groups excluding carboxylic acids is 2. The van der Waals surface area contributed by atoms with Gasteiger partial charge < -0.3 is 20.5 Å². The maximum absolute atomic E-state index is 12.3. The Labute approximate surface area is 126 Å². The molecule has 2 rings (SSSR count). The summed E-state index contributed by atoms with van der Waals surface area (Å²) in [5, 5.41) is 2.59. The first-order valence-electron chi connectivity index (χ1n) is 7.28. The van der Waals surface area contributed by atoms with Gasteiger partial charge in [0.15, 0.2) is 0 Å². The molecule has 3 amide bonds. The zero-order valence-electron chi connectivity index (χ0n) is 13.2. The van der Waals surface area contributed by atoms with Gasteiger partial charge in [-0.3, -0.25) is 10.2 Å². The fourth-order valence-corrected chi connectivity index (χ4v) is 2.09. The van der Waals surface area contributed by atoms with E-state index in [0.29, 0.717) is 31.9 Å². The first kappa shape index (κ1) is 16.9. The summed E-state index contributed by atoms with van der Waals surface area (Å²) < 4.78 is 0. The highest BCUT2D eigenvalue weighted by Crippen LogP contribution is 2.09. The van der Waals surface area contributed by atoms with Gasteiger partial charge in [0.25, 0.3) is 5.91 Å². The highest BCUT2D eigenvalue weighted by Gasteiger charge is 2.25. The lowest BCUT2D eigenvalue weighted by atomic mass is 10.2. The van der Waals surface area contributed by atoms with Gasteiger partial charge in [0.1, 0.15) is 5.70 Å². The minimum absolute atomic E-state index is 0.0449. The Morgan fingerprint density at radius 1 is 1.14 bits per heavy atom. The molecule has 2 heterocycles. The van der Waals surface area contributed by atoms with Crippen molar-refractivity contribution >= 4 is 11.9 Å². The van der Waals surface area contributed by atoms with Gasteiger partial charge in [0.2, 0.25) is 0 Å². The smallest absolute Gasteiger partial charge is 0.317 e. The predicted octanol–water partition coefficient (Wildman–Crippen LogP) is 0.392. The zero-order chi connectivity index (χ0) is 15.8. The van der Waals surface area contributed by atoms with Gasteiger partial charge in [-0.1, -0.05) is 13.8 Å². The average molecular weight is 295 g/mol. The zero-order valence-corrected chi connectivity index (χ0v) is 13.2. The Kier molecular flexibility index (Phi) is 6.58. The molecule has 0 aliphatic carbocycles. The Morgan fingerprint density at radius 3 is 2.24 bits per heavy atom. The van der Waals surface area contributed by atoms with Gasteiger partial charge in [-0.05, 0) is 18.6 Å². The van der Waals surface area contributed by atoms with Crippen LogP contribution in [0.3, 0.4) is 0 Å². The number of allylic oxidation sites excluding steroid dienone is 2. The lowest BCUT2D eigenvalue weighted by molar-refractivity contribution is -0.129. The molecule has 0 aromatic carbocycles. The minimum atomic E-state index is -0.0949. The number of rotatable bonds is 1. The van der Waals surface area contributed by atoms with Crippen molar-refractivity contribution in [3.05, 3.63) is 23.5 Å². The molecule has 7 nitrogen and oxygen atoms in total. The number of nitrogens with one attached hydrogen (secondary N) is 3. The second-order valence-corrected chi connectivity index (χ2v) is 4.55. The average Bonchev–Trinajstić information content (AvgIpc) is 2.55. The van der Waals surface area contributed by atoms with Crippen LogP contribution in [-0.2, 0) is 4.79 Å². The van der Waals surface area contributed by atoms with Crippen molar-refractivity contribution in [3.8, 4) is 0 Å². The molecule has 0 aromatic rings. The lowest BCUT2D eigenvalue weighted by Crippen LogP contribution is -2.54. The molecule has 0 spiro atoms. The van der Waals surface area contributed by atoms with Crippen LogP contribution in [0.2, 0.25) is 0 Å². The molecule has 3 N–H and O–H groups in total. The number of piperazine rings is 1. The number of hydrogen-bond donors (Lipinski definition) is 3. The van der Waals surface area contributed by atoms with Gasteiger partial charge in [-0.15, -0.1) is 0 Å². The van der Waals surface area contributed by atoms with Gasteiger partial charge in [-0.25, -0.2) is 4.79 Å². The van der Waals surface area contributed by atoms with Crippen LogP contribution in [0.5, 0.6) is 0 Å². The highest BCUT2D eigenvalue weighted by molar-refractivity contribution is 5.93. The Hall–Kier alpha value is -2.18. The molecule has 7 heteroatoms. The van der Waals surface area contributed by atoms with Crippen LogP contribution in [0.4, 0.5) is 4.79 Å².